The number of aromatic nitrogens is 1. The maximum absolute atomic E-state index is 6.01. The summed E-state index contributed by atoms with van der Waals surface area (Å²) in [4.78, 5) is 4.14. The van der Waals surface area contributed by atoms with E-state index in [1.54, 1.807) is 0 Å². The van der Waals surface area contributed by atoms with Crippen molar-refractivity contribution in [3.63, 3.8) is 0 Å². The molecule has 0 saturated heterocycles. The molecule has 1 heterocycles. The number of halogens is 1. The number of hydrogen-bond donors (Lipinski definition) is 1. The number of nitrogens with zero attached hydrogens (tertiary/aromatic N) is 1. The molecule has 0 radical (unpaired) electrons. The third-order valence-electron chi connectivity index (χ3n) is 3.21. The van der Waals surface area contributed by atoms with Gasteiger partial charge in [0.1, 0.15) is 5.15 Å². The standard InChI is InChI=1S/C11H15ClN2/c1-6-4-7(5-8(12)14-6)9-10(13)11(9,2)3/h4-5,9-10H,13H2,1-3H3/t9-,10-/m0/s1. The lowest BCUT2D eigenvalue weighted by Crippen LogP contribution is -2.06. The molecule has 2 N–H and O–H groups in total. The van der Waals surface area contributed by atoms with E-state index in [2.05, 4.69) is 24.9 Å². The summed E-state index contributed by atoms with van der Waals surface area (Å²) in [6.07, 6.45) is 0. The van der Waals surface area contributed by atoms with Crippen LogP contribution in [0.4, 0.5) is 0 Å². The molecule has 0 amide bonds. The van der Waals surface area contributed by atoms with Crippen molar-refractivity contribution in [2.45, 2.75) is 32.7 Å². The molecule has 1 fully saturated rings. The van der Waals surface area contributed by atoms with Crippen molar-refractivity contribution in [1.29, 1.82) is 0 Å². The van der Waals surface area contributed by atoms with Gasteiger partial charge in [-0.2, -0.15) is 0 Å². The lowest BCUT2D eigenvalue weighted by molar-refractivity contribution is 0.599. The maximum Gasteiger partial charge on any atom is 0.129 e. The van der Waals surface area contributed by atoms with Crippen LogP contribution in [0.5, 0.6) is 0 Å². The Hall–Kier alpha value is -0.600. The summed E-state index contributed by atoms with van der Waals surface area (Å²) in [6.45, 7) is 6.33. The minimum atomic E-state index is 0.205. The number of rotatable bonds is 1. The zero-order chi connectivity index (χ0) is 10.5. The molecule has 1 saturated carbocycles. The van der Waals surface area contributed by atoms with E-state index in [0.29, 0.717) is 11.1 Å². The minimum absolute atomic E-state index is 0.205. The number of pyridine rings is 1. The van der Waals surface area contributed by atoms with Gasteiger partial charge in [-0.15, -0.1) is 0 Å². The highest BCUT2D eigenvalue weighted by Gasteiger charge is 2.56. The highest BCUT2D eigenvalue weighted by molar-refractivity contribution is 6.29. The number of nitrogens with two attached hydrogens (primary N) is 1. The van der Waals surface area contributed by atoms with Crippen LogP contribution in [-0.2, 0) is 0 Å². The predicted molar refractivity (Wildman–Crippen MR) is 58.5 cm³/mol. The van der Waals surface area contributed by atoms with Crippen molar-refractivity contribution in [1.82, 2.24) is 4.98 Å². The lowest BCUT2D eigenvalue weighted by Gasteiger charge is -2.04. The SMILES string of the molecule is Cc1cc([C@H]2[C@H](N)C2(C)C)cc(Cl)n1. The van der Waals surface area contributed by atoms with Crippen molar-refractivity contribution < 1.29 is 0 Å². The van der Waals surface area contributed by atoms with Crippen LogP contribution in [0.1, 0.15) is 31.0 Å². The molecule has 0 aliphatic heterocycles. The molecule has 76 valence electrons. The van der Waals surface area contributed by atoms with Crippen molar-refractivity contribution >= 4 is 11.6 Å². The molecule has 0 bridgehead atoms. The summed E-state index contributed by atoms with van der Waals surface area (Å²) < 4.78 is 0. The quantitative estimate of drug-likeness (QED) is 0.724. The number of hydrogen-bond acceptors (Lipinski definition) is 2. The Bertz CT molecular complexity index is 353. The summed E-state index contributed by atoms with van der Waals surface area (Å²) in [5, 5.41) is 0.565. The first-order valence-electron chi connectivity index (χ1n) is 4.82. The topological polar surface area (TPSA) is 38.9 Å². The van der Waals surface area contributed by atoms with Crippen LogP contribution in [0.3, 0.4) is 0 Å². The molecule has 1 aromatic heterocycles. The van der Waals surface area contributed by atoms with Gasteiger partial charge in [0.25, 0.3) is 0 Å². The molecule has 1 aliphatic carbocycles. The smallest absolute Gasteiger partial charge is 0.129 e. The highest BCUT2D eigenvalue weighted by atomic mass is 35.5. The van der Waals surface area contributed by atoms with E-state index in [9.17, 15) is 0 Å². The summed E-state index contributed by atoms with van der Waals surface area (Å²) in [6, 6.07) is 4.25. The van der Waals surface area contributed by atoms with Gasteiger partial charge in [0.15, 0.2) is 0 Å². The van der Waals surface area contributed by atoms with E-state index in [-0.39, 0.29) is 11.5 Å². The summed E-state index contributed by atoms with van der Waals surface area (Å²) in [7, 11) is 0. The van der Waals surface area contributed by atoms with E-state index in [0.717, 1.165) is 5.69 Å². The first-order chi connectivity index (χ1) is 6.43. The van der Waals surface area contributed by atoms with E-state index < -0.39 is 0 Å². The molecule has 2 atom stereocenters. The Morgan fingerprint density at radius 1 is 1.43 bits per heavy atom. The fourth-order valence-electron chi connectivity index (χ4n) is 2.15. The fourth-order valence-corrected chi connectivity index (χ4v) is 2.41. The molecule has 3 heteroatoms. The first kappa shape index (κ1) is 9.94. The summed E-state index contributed by atoms with van der Waals surface area (Å²) in [5.74, 6) is 0.432. The zero-order valence-corrected chi connectivity index (χ0v) is 9.47. The molecule has 1 aromatic rings. The first-order valence-corrected chi connectivity index (χ1v) is 5.20. The van der Waals surface area contributed by atoms with Gasteiger partial charge in [-0.05, 0) is 30.0 Å². The van der Waals surface area contributed by atoms with Gasteiger partial charge < -0.3 is 5.73 Å². The highest BCUT2D eigenvalue weighted by Crippen LogP contribution is 2.57. The second-order valence-electron chi connectivity index (χ2n) is 4.69. The van der Waals surface area contributed by atoms with E-state index in [1.165, 1.54) is 5.56 Å². The molecule has 2 rings (SSSR count). The van der Waals surface area contributed by atoms with Crippen LogP contribution in [0.2, 0.25) is 5.15 Å². The van der Waals surface area contributed by atoms with Gasteiger partial charge in [0.2, 0.25) is 0 Å². The number of aryl methyl sites for hydroxylation is 1. The summed E-state index contributed by atoms with van der Waals surface area (Å²) >= 11 is 5.91. The predicted octanol–water partition coefficient (Wildman–Crippen LogP) is 2.49. The normalized spacial score (nSPS) is 28.9. The maximum atomic E-state index is 6.01. The molecule has 0 unspecified atom stereocenters. The van der Waals surface area contributed by atoms with E-state index in [1.807, 2.05) is 13.0 Å². The van der Waals surface area contributed by atoms with Crippen molar-refractivity contribution in [3.05, 3.63) is 28.5 Å². The molecule has 14 heavy (non-hydrogen) atoms. The molecule has 0 spiro atoms. The van der Waals surface area contributed by atoms with Crippen LogP contribution < -0.4 is 5.73 Å². The minimum Gasteiger partial charge on any atom is -0.327 e. The van der Waals surface area contributed by atoms with Crippen LogP contribution >= 0.6 is 11.6 Å². The summed E-state index contributed by atoms with van der Waals surface area (Å²) in [5.41, 5.74) is 8.40. The Labute approximate surface area is 89.5 Å². The second kappa shape index (κ2) is 2.94. The third-order valence-corrected chi connectivity index (χ3v) is 3.41. The van der Waals surface area contributed by atoms with Crippen LogP contribution in [0, 0.1) is 12.3 Å². The molecule has 0 aromatic carbocycles. The van der Waals surface area contributed by atoms with Gasteiger partial charge in [-0.3, -0.25) is 0 Å². The van der Waals surface area contributed by atoms with E-state index in [4.69, 9.17) is 17.3 Å². The Balaban J connectivity index is 2.35. The van der Waals surface area contributed by atoms with Crippen molar-refractivity contribution in [2.24, 2.45) is 11.1 Å². The van der Waals surface area contributed by atoms with Gasteiger partial charge >= 0.3 is 0 Å². The molecule has 2 nitrogen and oxygen atoms in total. The van der Waals surface area contributed by atoms with Crippen LogP contribution in [-0.4, -0.2) is 11.0 Å². The van der Waals surface area contributed by atoms with Crippen molar-refractivity contribution in [3.8, 4) is 0 Å². The average molecular weight is 211 g/mol. The van der Waals surface area contributed by atoms with Crippen LogP contribution in [0.15, 0.2) is 12.1 Å². The Morgan fingerprint density at radius 2 is 2.00 bits per heavy atom. The van der Waals surface area contributed by atoms with Crippen LogP contribution in [0.25, 0.3) is 0 Å². The van der Waals surface area contributed by atoms with Gasteiger partial charge in [0, 0.05) is 17.7 Å². The van der Waals surface area contributed by atoms with Crippen molar-refractivity contribution in [2.75, 3.05) is 0 Å². The zero-order valence-electron chi connectivity index (χ0n) is 8.71. The molecular formula is C11H15ClN2. The second-order valence-corrected chi connectivity index (χ2v) is 5.08. The average Bonchev–Trinajstić information content (AvgIpc) is 2.48. The third kappa shape index (κ3) is 1.43. The monoisotopic (exact) mass is 210 g/mol. The van der Waals surface area contributed by atoms with Gasteiger partial charge in [0.05, 0.1) is 0 Å². The fraction of sp³-hybridized carbons (Fsp3) is 0.545. The lowest BCUT2D eigenvalue weighted by atomic mass is 10.0. The Kier molecular flexibility index (Phi) is 2.09. The Morgan fingerprint density at radius 3 is 2.43 bits per heavy atom. The largest absolute Gasteiger partial charge is 0.327 e. The molecule has 1 aliphatic rings. The molecular weight excluding hydrogens is 196 g/mol. The van der Waals surface area contributed by atoms with Gasteiger partial charge in [-0.1, -0.05) is 25.4 Å². The van der Waals surface area contributed by atoms with Gasteiger partial charge in [-0.25, -0.2) is 4.98 Å². The van der Waals surface area contributed by atoms with E-state index >= 15 is 0 Å².